The molecule has 142 valence electrons. The Bertz CT molecular complexity index is 641. The summed E-state index contributed by atoms with van der Waals surface area (Å²) < 4.78 is 0. The predicted octanol–water partition coefficient (Wildman–Crippen LogP) is 1.44. The minimum atomic E-state index is -0.769. The van der Waals surface area contributed by atoms with E-state index >= 15 is 0 Å². The smallest absolute Gasteiger partial charge is 0.317 e. The van der Waals surface area contributed by atoms with Crippen LogP contribution in [0, 0.1) is 0 Å². The van der Waals surface area contributed by atoms with Crippen molar-refractivity contribution in [3.05, 3.63) is 35.4 Å². The molecule has 1 aromatic carbocycles. The summed E-state index contributed by atoms with van der Waals surface area (Å²) in [5.74, 6) is -0.564. The summed E-state index contributed by atoms with van der Waals surface area (Å²) in [6.45, 7) is 6.57. The van der Waals surface area contributed by atoms with Crippen LogP contribution >= 0.6 is 0 Å². The highest BCUT2D eigenvalue weighted by Gasteiger charge is 2.27. The summed E-state index contributed by atoms with van der Waals surface area (Å²) in [6.07, 6.45) is 2.79. The van der Waals surface area contributed by atoms with E-state index in [-0.39, 0.29) is 12.5 Å². The quantitative estimate of drug-likeness (QED) is 0.833. The van der Waals surface area contributed by atoms with Gasteiger partial charge in [0.1, 0.15) is 0 Å². The van der Waals surface area contributed by atoms with E-state index in [9.17, 15) is 9.59 Å². The van der Waals surface area contributed by atoms with Crippen molar-refractivity contribution in [1.29, 1.82) is 0 Å². The zero-order valence-electron chi connectivity index (χ0n) is 15.6. The van der Waals surface area contributed by atoms with Crippen LogP contribution in [0.15, 0.2) is 24.3 Å². The maximum atomic E-state index is 12.7. The van der Waals surface area contributed by atoms with Crippen LogP contribution in [0.1, 0.15) is 30.9 Å². The van der Waals surface area contributed by atoms with Gasteiger partial charge < -0.3 is 10.0 Å². The van der Waals surface area contributed by atoms with Gasteiger partial charge in [0.15, 0.2) is 0 Å². The highest BCUT2D eigenvalue weighted by atomic mass is 16.4. The van der Waals surface area contributed by atoms with Gasteiger partial charge in [-0.05, 0) is 36.9 Å². The molecular formula is C20H29N3O3. The maximum absolute atomic E-state index is 12.7. The Morgan fingerprint density at radius 1 is 1.15 bits per heavy atom. The van der Waals surface area contributed by atoms with Gasteiger partial charge >= 0.3 is 5.97 Å². The van der Waals surface area contributed by atoms with Crippen LogP contribution in [0.4, 0.5) is 0 Å². The number of carbonyl (C=O) groups is 2. The number of likely N-dealkylation sites (N-methyl/N-ethyl adjacent to an activating group) is 1. The van der Waals surface area contributed by atoms with E-state index in [0.717, 1.165) is 45.4 Å². The molecular weight excluding hydrogens is 330 g/mol. The number of amides is 1. The third-order valence-electron chi connectivity index (χ3n) is 5.66. The lowest BCUT2D eigenvalue weighted by Crippen LogP contribution is -2.49. The summed E-state index contributed by atoms with van der Waals surface area (Å²) in [5.41, 5.74) is 2.62. The molecule has 26 heavy (non-hydrogen) atoms. The number of aliphatic carboxylic acids is 1. The number of likely N-dealkylation sites (tertiary alicyclic amines) is 1. The van der Waals surface area contributed by atoms with Crippen LogP contribution in [-0.4, -0.2) is 77.0 Å². The molecule has 2 aliphatic heterocycles. The Morgan fingerprint density at radius 3 is 2.50 bits per heavy atom. The third kappa shape index (κ3) is 4.62. The third-order valence-corrected chi connectivity index (χ3v) is 5.66. The molecule has 1 saturated heterocycles. The number of piperidine rings is 1. The van der Waals surface area contributed by atoms with Crippen LogP contribution in [0.5, 0.6) is 0 Å². The van der Waals surface area contributed by atoms with Gasteiger partial charge in [0.25, 0.3) is 0 Å². The second-order valence-electron chi connectivity index (χ2n) is 7.30. The van der Waals surface area contributed by atoms with Gasteiger partial charge in [-0.15, -0.1) is 0 Å². The summed E-state index contributed by atoms with van der Waals surface area (Å²) in [5, 5.41) is 9.03. The molecule has 0 atom stereocenters. The minimum Gasteiger partial charge on any atom is -0.480 e. The highest BCUT2D eigenvalue weighted by Crippen LogP contribution is 2.20. The maximum Gasteiger partial charge on any atom is 0.317 e. The van der Waals surface area contributed by atoms with E-state index in [2.05, 4.69) is 23.1 Å². The molecule has 0 spiro atoms. The van der Waals surface area contributed by atoms with E-state index in [1.54, 1.807) is 0 Å². The Morgan fingerprint density at radius 2 is 1.85 bits per heavy atom. The van der Waals surface area contributed by atoms with Crippen LogP contribution < -0.4 is 0 Å². The van der Waals surface area contributed by atoms with Crippen LogP contribution in [-0.2, 0) is 22.6 Å². The molecule has 0 saturated carbocycles. The molecule has 0 bridgehead atoms. The molecule has 1 amide bonds. The van der Waals surface area contributed by atoms with Crippen LogP contribution in [0.2, 0.25) is 0 Å². The number of hydrogen-bond donors (Lipinski definition) is 1. The number of carbonyl (C=O) groups excluding carboxylic acids is 1. The lowest BCUT2D eigenvalue weighted by molar-refractivity contribution is -0.139. The number of fused-ring (bicyclic) bond motifs is 1. The number of carboxylic acid groups (broad SMARTS) is 1. The van der Waals surface area contributed by atoms with Gasteiger partial charge in [0.05, 0.1) is 13.1 Å². The average molecular weight is 359 g/mol. The molecule has 6 heteroatoms. The van der Waals surface area contributed by atoms with Crippen molar-refractivity contribution in [1.82, 2.24) is 14.7 Å². The zero-order valence-corrected chi connectivity index (χ0v) is 15.6. The molecule has 2 aliphatic rings. The first-order chi connectivity index (χ1) is 12.6. The normalized spacial score (nSPS) is 18.8. The van der Waals surface area contributed by atoms with Gasteiger partial charge in [0.2, 0.25) is 5.91 Å². The summed E-state index contributed by atoms with van der Waals surface area (Å²) >= 11 is 0. The number of hydrogen-bond acceptors (Lipinski definition) is 4. The Kier molecular flexibility index (Phi) is 6.27. The fourth-order valence-electron chi connectivity index (χ4n) is 4.12. The van der Waals surface area contributed by atoms with Crippen LogP contribution in [0.3, 0.4) is 0 Å². The minimum absolute atomic E-state index is 0.104. The number of nitrogens with zero attached hydrogens (tertiary/aromatic N) is 3. The molecule has 0 aromatic heterocycles. The van der Waals surface area contributed by atoms with Crippen molar-refractivity contribution in [2.45, 2.75) is 38.8 Å². The SMILES string of the molecule is CCN(CC(=O)O)C1CCN(CC(=O)N2CCc3ccccc3C2)CC1. The fourth-order valence-corrected chi connectivity index (χ4v) is 4.12. The van der Waals surface area contributed by atoms with E-state index < -0.39 is 5.97 Å². The van der Waals surface area contributed by atoms with Gasteiger partial charge in [0, 0.05) is 32.2 Å². The predicted molar refractivity (Wildman–Crippen MR) is 99.9 cm³/mol. The second-order valence-corrected chi connectivity index (χ2v) is 7.30. The van der Waals surface area contributed by atoms with Gasteiger partial charge in [-0.3, -0.25) is 19.4 Å². The molecule has 1 N–H and O–H groups in total. The van der Waals surface area contributed by atoms with Crippen molar-refractivity contribution in [3.63, 3.8) is 0 Å². The average Bonchev–Trinajstić information content (AvgIpc) is 2.66. The Balaban J connectivity index is 1.47. The second kappa shape index (κ2) is 8.64. The largest absolute Gasteiger partial charge is 0.480 e. The first kappa shape index (κ1) is 18.9. The van der Waals surface area contributed by atoms with Gasteiger partial charge in [-0.1, -0.05) is 31.2 Å². The summed E-state index contributed by atoms with van der Waals surface area (Å²) in [4.78, 5) is 29.9. The molecule has 0 radical (unpaired) electrons. The van der Waals surface area contributed by atoms with E-state index in [0.29, 0.717) is 19.1 Å². The van der Waals surface area contributed by atoms with E-state index in [4.69, 9.17) is 5.11 Å². The number of rotatable bonds is 6. The lowest BCUT2D eigenvalue weighted by atomic mass is 9.99. The van der Waals surface area contributed by atoms with E-state index in [1.807, 2.05) is 22.8 Å². The Hall–Kier alpha value is -1.92. The first-order valence-electron chi connectivity index (χ1n) is 9.59. The number of carboxylic acids is 1. The van der Waals surface area contributed by atoms with Crippen molar-refractivity contribution < 1.29 is 14.7 Å². The van der Waals surface area contributed by atoms with Crippen molar-refractivity contribution in [2.24, 2.45) is 0 Å². The van der Waals surface area contributed by atoms with Crippen LogP contribution in [0.25, 0.3) is 0 Å². The molecule has 1 aromatic rings. The molecule has 1 fully saturated rings. The Labute approximate surface area is 155 Å². The monoisotopic (exact) mass is 359 g/mol. The fraction of sp³-hybridized carbons (Fsp3) is 0.600. The lowest BCUT2D eigenvalue weighted by Gasteiger charge is -2.38. The zero-order chi connectivity index (χ0) is 18.5. The van der Waals surface area contributed by atoms with E-state index in [1.165, 1.54) is 11.1 Å². The van der Waals surface area contributed by atoms with Gasteiger partial charge in [-0.2, -0.15) is 0 Å². The number of benzene rings is 1. The molecule has 3 rings (SSSR count). The van der Waals surface area contributed by atoms with Crippen molar-refractivity contribution in [3.8, 4) is 0 Å². The first-order valence-corrected chi connectivity index (χ1v) is 9.59. The molecule has 6 nitrogen and oxygen atoms in total. The van der Waals surface area contributed by atoms with Crippen molar-refractivity contribution >= 4 is 11.9 Å². The topological polar surface area (TPSA) is 64.1 Å². The summed E-state index contributed by atoms with van der Waals surface area (Å²) in [7, 11) is 0. The van der Waals surface area contributed by atoms with Crippen molar-refractivity contribution in [2.75, 3.05) is 39.3 Å². The standard InChI is InChI=1S/C20H29N3O3/c1-2-22(15-20(25)26)18-8-10-21(11-9-18)14-19(24)23-12-7-16-5-3-4-6-17(16)13-23/h3-6,18H,2,7-15H2,1H3,(H,25,26). The molecule has 2 heterocycles. The molecule has 0 aliphatic carbocycles. The molecule has 0 unspecified atom stereocenters. The van der Waals surface area contributed by atoms with Gasteiger partial charge in [-0.25, -0.2) is 0 Å². The highest BCUT2D eigenvalue weighted by molar-refractivity contribution is 5.78. The summed E-state index contributed by atoms with van der Waals surface area (Å²) in [6, 6.07) is 8.67.